The molecule has 0 spiro atoms. The van der Waals surface area contributed by atoms with E-state index in [-0.39, 0.29) is 17.9 Å². The molecule has 2 aromatic carbocycles. The smallest absolute Gasteiger partial charge is 0.244 e. The third-order valence-corrected chi connectivity index (χ3v) is 11.2. The lowest BCUT2D eigenvalue weighted by Crippen LogP contribution is -2.51. The van der Waals surface area contributed by atoms with Crippen LogP contribution in [0.4, 0.5) is 5.69 Å². The normalized spacial score (nSPS) is 25.5. The van der Waals surface area contributed by atoms with E-state index in [9.17, 15) is 18.0 Å². The Bertz CT molecular complexity index is 1380. The molecular weight excluding hydrogens is 581 g/mol. The van der Waals surface area contributed by atoms with Crippen molar-refractivity contribution in [2.24, 2.45) is 17.8 Å². The minimum absolute atomic E-state index is 0.0661. The van der Waals surface area contributed by atoms with Crippen molar-refractivity contribution in [1.29, 1.82) is 0 Å². The van der Waals surface area contributed by atoms with Gasteiger partial charge in [0.25, 0.3) is 0 Å². The second-order valence-electron chi connectivity index (χ2n) is 12.4. The molecule has 222 valence electrons. The number of carbonyl (C=O) groups excluding carboxylic acids is 2. The van der Waals surface area contributed by atoms with Crippen molar-refractivity contribution in [1.82, 2.24) is 10.2 Å². The predicted molar refractivity (Wildman–Crippen MR) is 164 cm³/mol. The first-order valence-electron chi connectivity index (χ1n) is 14.5. The summed E-state index contributed by atoms with van der Waals surface area (Å²) in [6, 6.07) is 12.0. The Morgan fingerprint density at radius 2 is 1.56 bits per heavy atom. The summed E-state index contributed by atoms with van der Waals surface area (Å²) >= 11 is 12.3. The highest BCUT2D eigenvalue weighted by molar-refractivity contribution is 7.92. The Morgan fingerprint density at radius 3 is 2.07 bits per heavy atom. The summed E-state index contributed by atoms with van der Waals surface area (Å²) in [6.07, 6.45) is 8.82. The van der Waals surface area contributed by atoms with E-state index < -0.39 is 28.5 Å². The number of nitrogens with one attached hydrogen (secondary N) is 1. The van der Waals surface area contributed by atoms with Crippen LogP contribution in [0, 0.1) is 17.8 Å². The number of rotatable bonds is 10. The van der Waals surface area contributed by atoms with Gasteiger partial charge >= 0.3 is 0 Å². The standard InChI is InChI=1S/C31H39Cl2N3O4S/c1-4-34-30(38)20(2)35(18-21-5-10-27(32)28(33)14-21)29(37)19-36(41(3,39)40)26-8-6-25(7-9-26)31-15-22-11-23(16-31)13-24(12-22)17-31/h5-10,14,20,22-24H,4,11-13,15-19H2,1-3H3,(H,34,38). The third-order valence-electron chi connectivity index (χ3n) is 9.34. The lowest BCUT2D eigenvalue weighted by atomic mass is 9.48. The molecule has 4 aliphatic rings. The van der Waals surface area contributed by atoms with Gasteiger partial charge < -0.3 is 10.2 Å². The topological polar surface area (TPSA) is 86.8 Å². The zero-order valence-electron chi connectivity index (χ0n) is 23.9. The summed E-state index contributed by atoms with van der Waals surface area (Å²) < 4.78 is 27.1. The number of anilines is 1. The van der Waals surface area contributed by atoms with Crippen molar-refractivity contribution >= 4 is 50.7 Å². The fourth-order valence-corrected chi connectivity index (χ4v) is 8.97. The highest BCUT2D eigenvalue weighted by Crippen LogP contribution is 2.60. The van der Waals surface area contributed by atoms with Crippen LogP contribution in [0.1, 0.15) is 63.5 Å². The zero-order chi connectivity index (χ0) is 29.5. The summed E-state index contributed by atoms with van der Waals surface area (Å²) in [5.41, 5.74) is 2.59. The Labute approximate surface area is 253 Å². The lowest BCUT2D eigenvalue weighted by Gasteiger charge is -2.57. The largest absolute Gasteiger partial charge is 0.355 e. The molecule has 2 amide bonds. The number of likely N-dealkylation sites (N-methyl/N-ethyl adjacent to an activating group) is 1. The number of hydrogen-bond donors (Lipinski definition) is 1. The summed E-state index contributed by atoms with van der Waals surface area (Å²) in [4.78, 5) is 27.9. The van der Waals surface area contributed by atoms with Gasteiger partial charge in [-0.25, -0.2) is 8.42 Å². The van der Waals surface area contributed by atoms with Crippen molar-refractivity contribution in [3.63, 3.8) is 0 Å². The fourth-order valence-electron chi connectivity index (χ4n) is 7.80. The zero-order valence-corrected chi connectivity index (χ0v) is 26.2. The van der Waals surface area contributed by atoms with Crippen molar-refractivity contribution in [3.8, 4) is 0 Å². The molecule has 0 radical (unpaired) electrons. The summed E-state index contributed by atoms with van der Waals surface area (Å²) in [7, 11) is -3.80. The number of sulfonamides is 1. The Balaban J connectivity index is 1.39. The van der Waals surface area contributed by atoms with Gasteiger partial charge in [0.15, 0.2) is 0 Å². The van der Waals surface area contributed by atoms with E-state index >= 15 is 0 Å². The van der Waals surface area contributed by atoms with Crippen molar-refractivity contribution in [3.05, 3.63) is 63.6 Å². The van der Waals surface area contributed by atoms with Crippen LogP contribution in [0.25, 0.3) is 0 Å². The van der Waals surface area contributed by atoms with Crippen LogP contribution in [0.2, 0.25) is 10.0 Å². The molecule has 0 saturated heterocycles. The van der Waals surface area contributed by atoms with Crippen molar-refractivity contribution < 1.29 is 18.0 Å². The Morgan fingerprint density at radius 1 is 0.976 bits per heavy atom. The molecule has 1 atom stereocenters. The molecule has 4 aliphatic carbocycles. The molecule has 0 aliphatic heterocycles. The maximum Gasteiger partial charge on any atom is 0.244 e. The van der Waals surface area contributed by atoms with Gasteiger partial charge in [-0.3, -0.25) is 13.9 Å². The number of nitrogens with zero attached hydrogens (tertiary/aromatic N) is 2. The molecule has 1 unspecified atom stereocenters. The van der Waals surface area contributed by atoms with Crippen molar-refractivity contribution in [2.75, 3.05) is 23.7 Å². The van der Waals surface area contributed by atoms with Crippen molar-refractivity contribution in [2.45, 2.75) is 70.4 Å². The minimum Gasteiger partial charge on any atom is -0.355 e. The third kappa shape index (κ3) is 6.40. The van der Waals surface area contributed by atoms with Gasteiger partial charge in [-0.15, -0.1) is 0 Å². The maximum atomic E-state index is 13.8. The summed E-state index contributed by atoms with van der Waals surface area (Å²) in [5.74, 6) is 1.59. The molecule has 4 bridgehead atoms. The number of carbonyl (C=O) groups is 2. The second kappa shape index (κ2) is 11.8. The molecule has 41 heavy (non-hydrogen) atoms. The van der Waals surface area contributed by atoms with Crippen LogP contribution in [0.3, 0.4) is 0 Å². The quantitative estimate of drug-likeness (QED) is 0.365. The van der Waals surface area contributed by atoms with E-state index in [1.807, 2.05) is 12.1 Å². The Kier molecular flexibility index (Phi) is 8.66. The van der Waals surface area contributed by atoms with Crippen LogP contribution >= 0.6 is 23.2 Å². The molecule has 4 saturated carbocycles. The first kappa shape index (κ1) is 30.2. The maximum absolute atomic E-state index is 13.8. The number of hydrogen-bond acceptors (Lipinski definition) is 4. The van der Waals surface area contributed by atoms with Crippen LogP contribution in [-0.4, -0.2) is 50.5 Å². The minimum atomic E-state index is -3.80. The molecule has 7 nitrogen and oxygen atoms in total. The molecule has 6 rings (SSSR count). The van der Waals surface area contributed by atoms with E-state index in [1.165, 1.54) is 49.0 Å². The van der Waals surface area contributed by atoms with Gasteiger partial charge in [-0.2, -0.15) is 0 Å². The first-order chi connectivity index (χ1) is 19.4. The molecular formula is C31H39Cl2N3O4S. The molecule has 1 N–H and O–H groups in total. The van der Waals surface area contributed by atoms with E-state index in [1.54, 1.807) is 32.0 Å². The van der Waals surface area contributed by atoms with Gasteiger partial charge in [0.05, 0.1) is 22.0 Å². The van der Waals surface area contributed by atoms with Gasteiger partial charge in [0.1, 0.15) is 12.6 Å². The van der Waals surface area contributed by atoms with Gasteiger partial charge in [0.2, 0.25) is 21.8 Å². The Hall–Kier alpha value is -2.29. The summed E-state index contributed by atoms with van der Waals surface area (Å²) in [6.45, 7) is 3.47. The molecule has 0 aromatic heterocycles. The van der Waals surface area contributed by atoms with E-state index in [0.717, 1.165) is 28.3 Å². The van der Waals surface area contributed by atoms with Crippen LogP contribution < -0.4 is 9.62 Å². The molecule has 2 aromatic rings. The SMILES string of the molecule is CCNC(=O)C(C)N(Cc1ccc(Cl)c(Cl)c1)C(=O)CN(c1ccc(C23CC4CC(CC(C4)C2)C3)cc1)S(C)(=O)=O. The van der Waals surface area contributed by atoms with E-state index in [0.29, 0.717) is 27.8 Å². The second-order valence-corrected chi connectivity index (χ2v) is 15.1. The van der Waals surface area contributed by atoms with Crippen LogP contribution in [-0.2, 0) is 31.6 Å². The van der Waals surface area contributed by atoms with Gasteiger partial charge in [0, 0.05) is 13.1 Å². The fraction of sp³-hybridized carbons (Fsp3) is 0.548. The van der Waals surface area contributed by atoms with E-state index in [4.69, 9.17) is 23.2 Å². The molecule has 10 heteroatoms. The predicted octanol–water partition coefficient (Wildman–Crippen LogP) is 5.78. The first-order valence-corrected chi connectivity index (χ1v) is 17.1. The van der Waals surface area contributed by atoms with Gasteiger partial charge in [-0.05, 0) is 111 Å². The summed E-state index contributed by atoms with van der Waals surface area (Å²) in [5, 5.41) is 3.46. The number of amides is 2. The van der Waals surface area contributed by atoms with Crippen LogP contribution in [0.15, 0.2) is 42.5 Å². The van der Waals surface area contributed by atoms with Gasteiger partial charge in [-0.1, -0.05) is 41.4 Å². The molecule has 0 heterocycles. The average molecular weight is 621 g/mol. The highest BCUT2D eigenvalue weighted by Gasteiger charge is 2.51. The number of benzene rings is 2. The number of halogens is 2. The lowest BCUT2D eigenvalue weighted by molar-refractivity contribution is -0.139. The average Bonchev–Trinajstić information content (AvgIpc) is 2.90. The monoisotopic (exact) mass is 619 g/mol. The van der Waals surface area contributed by atoms with Crippen LogP contribution in [0.5, 0.6) is 0 Å². The highest BCUT2D eigenvalue weighted by atomic mass is 35.5. The van der Waals surface area contributed by atoms with E-state index in [2.05, 4.69) is 17.4 Å². The molecule has 4 fully saturated rings.